The average Bonchev–Trinajstić information content (AvgIpc) is 2.64. The minimum absolute atomic E-state index is 0.107. The molecule has 0 aliphatic carbocycles. The third kappa shape index (κ3) is 2.12. The van der Waals surface area contributed by atoms with Gasteiger partial charge in [-0.15, -0.1) is 0 Å². The Balaban J connectivity index is 2.60. The fraction of sp³-hybridized carbons (Fsp3) is 0. The Hall–Kier alpha value is -1.28. The minimum atomic E-state index is -0.497. The number of pyridine rings is 1. The molecule has 0 fully saturated rings. The molecular weight excluding hydrogens is 344 g/mol. The van der Waals surface area contributed by atoms with Crippen LogP contribution < -0.4 is 0 Å². The van der Waals surface area contributed by atoms with Crippen LogP contribution in [0, 0.1) is 10.1 Å². The predicted molar refractivity (Wildman–Crippen MR) is 63.4 cm³/mol. The van der Waals surface area contributed by atoms with E-state index in [4.69, 9.17) is 0 Å². The zero-order chi connectivity index (χ0) is 11.7. The Bertz CT molecular complexity index is 555. The van der Waals surface area contributed by atoms with Crippen LogP contribution in [-0.4, -0.2) is 19.7 Å². The van der Waals surface area contributed by atoms with E-state index in [-0.39, 0.29) is 11.5 Å². The van der Waals surface area contributed by atoms with Crippen molar-refractivity contribution < 1.29 is 4.92 Å². The van der Waals surface area contributed by atoms with E-state index in [1.54, 1.807) is 6.20 Å². The molecule has 0 bridgehead atoms. The Morgan fingerprint density at radius 2 is 2.06 bits per heavy atom. The van der Waals surface area contributed by atoms with Crippen molar-refractivity contribution in [1.29, 1.82) is 0 Å². The van der Waals surface area contributed by atoms with E-state index >= 15 is 0 Å². The maximum absolute atomic E-state index is 10.8. The molecule has 2 aromatic heterocycles. The lowest BCUT2D eigenvalue weighted by Gasteiger charge is -2.01. The summed E-state index contributed by atoms with van der Waals surface area (Å²) in [4.78, 5) is 14.3. The van der Waals surface area contributed by atoms with E-state index in [0.29, 0.717) is 4.47 Å². The van der Waals surface area contributed by atoms with Gasteiger partial charge in [0.2, 0.25) is 5.82 Å². The van der Waals surface area contributed by atoms with Crippen molar-refractivity contribution in [1.82, 2.24) is 14.8 Å². The molecule has 0 aromatic carbocycles. The molecule has 82 valence electrons. The summed E-state index contributed by atoms with van der Waals surface area (Å²) in [5.74, 6) is 0.180. The van der Waals surface area contributed by atoms with Crippen LogP contribution in [-0.2, 0) is 0 Å². The van der Waals surface area contributed by atoms with E-state index < -0.39 is 4.92 Å². The molecule has 8 heteroatoms. The van der Waals surface area contributed by atoms with Crippen molar-refractivity contribution in [2.45, 2.75) is 0 Å². The highest BCUT2D eigenvalue weighted by molar-refractivity contribution is 9.10. The molecule has 2 aromatic rings. The van der Waals surface area contributed by atoms with Crippen LogP contribution >= 0.6 is 31.9 Å². The summed E-state index contributed by atoms with van der Waals surface area (Å²) in [6.07, 6.45) is 4.62. The molecule has 0 N–H and O–H groups in total. The van der Waals surface area contributed by atoms with Crippen molar-refractivity contribution in [3.8, 4) is 5.82 Å². The average molecular weight is 348 g/mol. The zero-order valence-corrected chi connectivity index (χ0v) is 10.8. The highest BCUT2D eigenvalue weighted by Crippen LogP contribution is 2.24. The van der Waals surface area contributed by atoms with Gasteiger partial charge in [-0.25, -0.2) is 9.67 Å². The van der Waals surface area contributed by atoms with Gasteiger partial charge in [0.25, 0.3) is 0 Å². The number of aromatic nitrogens is 3. The Morgan fingerprint density at radius 1 is 1.31 bits per heavy atom. The van der Waals surface area contributed by atoms with Gasteiger partial charge < -0.3 is 0 Å². The second-order valence-electron chi connectivity index (χ2n) is 2.86. The van der Waals surface area contributed by atoms with Gasteiger partial charge in [-0.2, -0.15) is 5.10 Å². The summed E-state index contributed by atoms with van der Waals surface area (Å²) in [6, 6.07) is 1.39. The lowest BCUT2D eigenvalue weighted by atomic mass is 10.4. The molecule has 0 aliphatic rings. The van der Waals surface area contributed by atoms with Gasteiger partial charge in [0.05, 0.1) is 15.6 Å². The Labute approximate surface area is 107 Å². The highest BCUT2D eigenvalue weighted by Gasteiger charge is 2.18. The molecule has 6 nitrogen and oxygen atoms in total. The van der Waals surface area contributed by atoms with Gasteiger partial charge in [-0.1, -0.05) is 0 Å². The van der Waals surface area contributed by atoms with Crippen molar-refractivity contribution in [3.63, 3.8) is 0 Å². The van der Waals surface area contributed by atoms with Crippen LogP contribution in [0.5, 0.6) is 0 Å². The third-order valence-electron chi connectivity index (χ3n) is 1.78. The maximum Gasteiger partial charge on any atom is 0.314 e. The molecule has 2 rings (SSSR count). The van der Waals surface area contributed by atoms with Crippen molar-refractivity contribution in [2.24, 2.45) is 0 Å². The van der Waals surface area contributed by atoms with Crippen molar-refractivity contribution in [2.75, 3.05) is 0 Å². The smallest absolute Gasteiger partial charge is 0.258 e. The van der Waals surface area contributed by atoms with Gasteiger partial charge in [0.15, 0.2) is 0 Å². The number of rotatable bonds is 2. The molecule has 0 aliphatic heterocycles. The molecule has 0 saturated carbocycles. The maximum atomic E-state index is 10.8. The first-order valence-corrected chi connectivity index (χ1v) is 5.67. The summed E-state index contributed by atoms with van der Waals surface area (Å²) >= 11 is 6.35. The molecule has 0 radical (unpaired) electrons. The van der Waals surface area contributed by atoms with Crippen molar-refractivity contribution >= 4 is 37.5 Å². The van der Waals surface area contributed by atoms with Crippen molar-refractivity contribution in [3.05, 3.63) is 43.7 Å². The van der Waals surface area contributed by atoms with E-state index in [1.165, 1.54) is 23.1 Å². The summed E-state index contributed by atoms with van der Waals surface area (Å²) in [6.45, 7) is 0. The number of hydrogen-bond donors (Lipinski definition) is 0. The largest absolute Gasteiger partial charge is 0.314 e. The van der Waals surface area contributed by atoms with E-state index in [2.05, 4.69) is 41.9 Å². The van der Waals surface area contributed by atoms with Gasteiger partial charge in [-0.05, 0) is 31.9 Å². The van der Waals surface area contributed by atoms with E-state index in [9.17, 15) is 10.1 Å². The van der Waals surface area contributed by atoms with Gasteiger partial charge in [-0.3, -0.25) is 10.1 Å². The standard InChI is InChI=1S/C8H4Br2N4O2/c9-5-1-7(14(15)16)8(11-2-5)13-4-6(10)3-12-13/h1-4H. The SMILES string of the molecule is O=[N+]([O-])c1cc(Br)cnc1-n1cc(Br)cn1. The first kappa shape index (κ1) is 11.2. The summed E-state index contributed by atoms with van der Waals surface area (Å²) in [5.41, 5.74) is -0.107. The van der Waals surface area contributed by atoms with Crippen LogP contribution in [0.25, 0.3) is 5.82 Å². The normalized spacial score (nSPS) is 10.4. The monoisotopic (exact) mass is 346 g/mol. The summed E-state index contributed by atoms with van der Waals surface area (Å²) < 4.78 is 2.62. The zero-order valence-electron chi connectivity index (χ0n) is 7.67. The van der Waals surface area contributed by atoms with Crippen LogP contribution in [0.15, 0.2) is 33.6 Å². The second kappa shape index (κ2) is 4.30. The number of nitrogens with zero attached hydrogens (tertiary/aromatic N) is 4. The van der Waals surface area contributed by atoms with Crippen LogP contribution in [0.3, 0.4) is 0 Å². The van der Waals surface area contributed by atoms with E-state index in [1.807, 2.05) is 0 Å². The molecule has 16 heavy (non-hydrogen) atoms. The number of nitro groups is 1. The van der Waals surface area contributed by atoms with Crippen LogP contribution in [0.1, 0.15) is 0 Å². The third-order valence-corrected chi connectivity index (χ3v) is 2.62. The van der Waals surface area contributed by atoms with Crippen LogP contribution in [0.2, 0.25) is 0 Å². The second-order valence-corrected chi connectivity index (χ2v) is 4.69. The fourth-order valence-electron chi connectivity index (χ4n) is 1.15. The number of hydrogen-bond acceptors (Lipinski definition) is 4. The Kier molecular flexibility index (Phi) is 3.01. The minimum Gasteiger partial charge on any atom is -0.258 e. The lowest BCUT2D eigenvalue weighted by Crippen LogP contribution is -2.03. The summed E-state index contributed by atoms with van der Waals surface area (Å²) in [5, 5.41) is 14.8. The highest BCUT2D eigenvalue weighted by atomic mass is 79.9. The van der Waals surface area contributed by atoms with Crippen LogP contribution in [0.4, 0.5) is 5.69 Å². The molecule has 0 spiro atoms. The quantitative estimate of drug-likeness (QED) is 0.618. The molecule has 0 saturated heterocycles. The topological polar surface area (TPSA) is 73.8 Å². The first-order valence-electron chi connectivity index (χ1n) is 4.08. The van der Waals surface area contributed by atoms with Gasteiger partial charge in [0, 0.05) is 22.9 Å². The molecule has 0 amide bonds. The van der Waals surface area contributed by atoms with Gasteiger partial charge in [0.1, 0.15) is 0 Å². The fourth-order valence-corrected chi connectivity index (χ4v) is 1.75. The van der Waals surface area contributed by atoms with E-state index in [0.717, 1.165) is 4.47 Å². The summed E-state index contributed by atoms with van der Waals surface area (Å²) in [7, 11) is 0. The molecule has 0 unspecified atom stereocenters. The lowest BCUT2D eigenvalue weighted by molar-refractivity contribution is -0.385. The predicted octanol–water partition coefficient (Wildman–Crippen LogP) is 2.70. The molecule has 0 atom stereocenters. The Morgan fingerprint density at radius 3 is 2.62 bits per heavy atom. The van der Waals surface area contributed by atoms with Gasteiger partial charge >= 0.3 is 5.69 Å². The molecule has 2 heterocycles. The number of halogens is 2. The first-order chi connectivity index (χ1) is 7.58. The molecular formula is C8H4Br2N4O2.